The molecule has 4 nitrogen and oxygen atoms in total. The van der Waals surface area contributed by atoms with E-state index in [2.05, 4.69) is 27.2 Å². The quantitative estimate of drug-likeness (QED) is 0.520. The van der Waals surface area contributed by atoms with Crippen LogP contribution in [0.5, 0.6) is 0 Å². The molecule has 0 amide bonds. The van der Waals surface area contributed by atoms with Crippen LogP contribution in [0, 0.1) is 6.54 Å². The first kappa shape index (κ1) is 8.44. The van der Waals surface area contributed by atoms with E-state index in [1.807, 2.05) is 0 Å². The zero-order chi connectivity index (χ0) is 8.23. The summed E-state index contributed by atoms with van der Waals surface area (Å²) in [6.07, 6.45) is 0. The average Bonchev–Trinajstić information content (AvgIpc) is 2.21. The monoisotopic (exact) mass is 169 g/mol. The third kappa shape index (κ3) is 1.95. The first-order chi connectivity index (χ1) is 5.97. The maximum absolute atomic E-state index is 3.36. The van der Waals surface area contributed by atoms with Crippen molar-refractivity contribution in [2.45, 2.75) is 0 Å². The van der Waals surface area contributed by atoms with Gasteiger partial charge in [0.05, 0.1) is 6.54 Å². The van der Waals surface area contributed by atoms with E-state index < -0.39 is 0 Å². The van der Waals surface area contributed by atoms with Gasteiger partial charge in [-0.05, 0) is 0 Å². The molecule has 0 unspecified atom stereocenters. The van der Waals surface area contributed by atoms with Crippen LogP contribution in [0.25, 0.3) is 0 Å². The molecule has 2 N–H and O–H groups in total. The highest BCUT2D eigenvalue weighted by atomic mass is 15.6. The number of hydrazine groups is 1. The summed E-state index contributed by atoms with van der Waals surface area (Å²) in [7, 11) is 0. The summed E-state index contributed by atoms with van der Waals surface area (Å²) < 4.78 is 0. The third-order valence-electron chi connectivity index (χ3n) is 2.42. The summed E-state index contributed by atoms with van der Waals surface area (Å²) in [6, 6.07) is 0. The lowest BCUT2D eigenvalue weighted by molar-refractivity contribution is -0.0162. The molecule has 0 bridgehead atoms. The number of rotatable bonds is 1. The fourth-order valence-corrected chi connectivity index (χ4v) is 1.72. The molecule has 12 heavy (non-hydrogen) atoms. The maximum atomic E-state index is 3.36. The van der Waals surface area contributed by atoms with Crippen molar-refractivity contribution in [3.05, 3.63) is 6.54 Å². The van der Waals surface area contributed by atoms with Gasteiger partial charge in [-0.2, -0.15) is 0 Å². The molecule has 1 radical (unpaired) electrons. The van der Waals surface area contributed by atoms with E-state index in [0.29, 0.717) is 0 Å². The fourth-order valence-electron chi connectivity index (χ4n) is 1.72. The van der Waals surface area contributed by atoms with E-state index in [9.17, 15) is 0 Å². The highest BCUT2D eigenvalue weighted by Crippen LogP contribution is 2.04. The number of nitrogens with zero attached hydrogens (tertiary/aromatic N) is 2. The summed E-state index contributed by atoms with van der Waals surface area (Å²) in [4.78, 5) is 0. The predicted octanol–water partition coefficient (Wildman–Crippen LogP) is -1.13. The van der Waals surface area contributed by atoms with Crippen molar-refractivity contribution in [2.24, 2.45) is 0 Å². The lowest BCUT2D eigenvalue weighted by Crippen LogP contribution is -2.55. The third-order valence-corrected chi connectivity index (χ3v) is 2.42. The largest absolute Gasteiger partial charge is 0.314 e. The molecule has 0 spiro atoms. The second-order valence-electron chi connectivity index (χ2n) is 3.25. The fraction of sp³-hybridized carbons (Fsp3) is 0.875. The van der Waals surface area contributed by atoms with Crippen LogP contribution in [0.1, 0.15) is 0 Å². The number of hydrogen-bond acceptors (Lipinski definition) is 4. The zero-order valence-electron chi connectivity index (χ0n) is 7.42. The molecule has 0 atom stereocenters. The summed E-state index contributed by atoms with van der Waals surface area (Å²) >= 11 is 0. The van der Waals surface area contributed by atoms with Gasteiger partial charge in [-0.25, -0.2) is 10.0 Å². The van der Waals surface area contributed by atoms with E-state index in [1.54, 1.807) is 0 Å². The number of piperazine rings is 2. The van der Waals surface area contributed by atoms with E-state index in [4.69, 9.17) is 0 Å². The van der Waals surface area contributed by atoms with E-state index in [1.165, 1.54) is 0 Å². The molecule has 0 aromatic heterocycles. The molecule has 0 saturated carbocycles. The molecule has 2 heterocycles. The minimum atomic E-state index is 1.02. The van der Waals surface area contributed by atoms with Crippen LogP contribution in [0.15, 0.2) is 0 Å². The molecule has 2 aliphatic heterocycles. The first-order valence-corrected chi connectivity index (χ1v) is 4.73. The SMILES string of the molecule is [CH]1CNCCN1N1CCNCC1. The molecule has 0 aliphatic carbocycles. The maximum Gasteiger partial charge on any atom is 0.0553 e. The standard InChI is InChI=1S/C8H17N4/c1-5-11(6-2-9-1)12-7-3-10-4-8-12/h5,9-10H,1-4,6-8H2. The minimum Gasteiger partial charge on any atom is -0.314 e. The normalized spacial score (nSPS) is 29.0. The van der Waals surface area contributed by atoms with Gasteiger partial charge in [-0.1, -0.05) is 0 Å². The summed E-state index contributed by atoms with van der Waals surface area (Å²) in [5.74, 6) is 0. The molecule has 2 saturated heterocycles. The number of nitrogens with one attached hydrogen (secondary N) is 2. The van der Waals surface area contributed by atoms with Crippen molar-refractivity contribution < 1.29 is 0 Å². The van der Waals surface area contributed by atoms with Crippen LogP contribution in [0.2, 0.25) is 0 Å². The van der Waals surface area contributed by atoms with Gasteiger partial charge in [0.2, 0.25) is 0 Å². The van der Waals surface area contributed by atoms with Gasteiger partial charge in [0.1, 0.15) is 0 Å². The smallest absolute Gasteiger partial charge is 0.0553 e. The average molecular weight is 169 g/mol. The van der Waals surface area contributed by atoms with Crippen LogP contribution in [-0.2, 0) is 0 Å². The molecule has 4 heteroatoms. The topological polar surface area (TPSA) is 30.5 Å². The summed E-state index contributed by atoms with van der Waals surface area (Å²) in [5.41, 5.74) is 0. The van der Waals surface area contributed by atoms with Crippen LogP contribution in [0.3, 0.4) is 0 Å². The van der Waals surface area contributed by atoms with Gasteiger partial charge in [-0.15, -0.1) is 0 Å². The van der Waals surface area contributed by atoms with Crippen LogP contribution >= 0.6 is 0 Å². The molecular weight excluding hydrogens is 152 g/mol. The molecule has 69 valence electrons. The zero-order valence-corrected chi connectivity index (χ0v) is 7.42. The molecule has 0 aromatic carbocycles. The Morgan fingerprint density at radius 2 is 1.67 bits per heavy atom. The summed E-state index contributed by atoms with van der Waals surface area (Å²) in [6.45, 7) is 10.0. The van der Waals surface area contributed by atoms with E-state index in [-0.39, 0.29) is 0 Å². The van der Waals surface area contributed by atoms with Gasteiger partial charge >= 0.3 is 0 Å². The van der Waals surface area contributed by atoms with Gasteiger partial charge in [0, 0.05) is 45.8 Å². The van der Waals surface area contributed by atoms with Crippen molar-refractivity contribution in [1.82, 2.24) is 20.7 Å². The highest BCUT2D eigenvalue weighted by molar-refractivity contribution is 4.78. The molecule has 0 aromatic rings. The molecular formula is C8H17N4. The van der Waals surface area contributed by atoms with Crippen LogP contribution in [-0.4, -0.2) is 55.8 Å². The van der Waals surface area contributed by atoms with Gasteiger partial charge < -0.3 is 10.6 Å². The van der Waals surface area contributed by atoms with E-state index >= 15 is 0 Å². The van der Waals surface area contributed by atoms with Crippen molar-refractivity contribution in [2.75, 3.05) is 45.8 Å². The predicted molar refractivity (Wildman–Crippen MR) is 48.3 cm³/mol. The van der Waals surface area contributed by atoms with Crippen molar-refractivity contribution in [3.8, 4) is 0 Å². The Morgan fingerprint density at radius 3 is 2.33 bits per heavy atom. The van der Waals surface area contributed by atoms with Crippen molar-refractivity contribution in [3.63, 3.8) is 0 Å². The molecule has 2 aliphatic rings. The Labute approximate surface area is 73.9 Å². The van der Waals surface area contributed by atoms with Crippen LogP contribution in [0.4, 0.5) is 0 Å². The minimum absolute atomic E-state index is 1.02. The Hall–Kier alpha value is -0.160. The Kier molecular flexibility index (Phi) is 2.94. The Morgan fingerprint density at radius 1 is 0.917 bits per heavy atom. The van der Waals surface area contributed by atoms with Gasteiger partial charge in [0.15, 0.2) is 0 Å². The second-order valence-corrected chi connectivity index (χ2v) is 3.25. The molecule has 2 rings (SSSR count). The highest BCUT2D eigenvalue weighted by Gasteiger charge is 2.19. The van der Waals surface area contributed by atoms with Crippen LogP contribution < -0.4 is 10.6 Å². The first-order valence-electron chi connectivity index (χ1n) is 4.73. The lowest BCUT2D eigenvalue weighted by atomic mass is 10.4. The lowest BCUT2D eigenvalue weighted by Gasteiger charge is -2.39. The van der Waals surface area contributed by atoms with E-state index in [0.717, 1.165) is 45.8 Å². The van der Waals surface area contributed by atoms with Crippen molar-refractivity contribution >= 4 is 0 Å². The Balaban J connectivity index is 1.80. The van der Waals surface area contributed by atoms with Gasteiger partial charge in [0.25, 0.3) is 0 Å². The van der Waals surface area contributed by atoms with Crippen molar-refractivity contribution in [1.29, 1.82) is 0 Å². The second kappa shape index (κ2) is 4.18. The summed E-state index contributed by atoms with van der Waals surface area (Å²) in [5, 5.41) is 11.5. The van der Waals surface area contributed by atoms with Gasteiger partial charge in [-0.3, -0.25) is 0 Å². The number of hydrogen-bond donors (Lipinski definition) is 2. The molecule has 2 fully saturated rings. The Bertz CT molecular complexity index is 111.